The fraction of sp³-hybridized carbons (Fsp3) is 0.913. The Morgan fingerprint density at radius 3 is 2.54 bits per heavy atom. The van der Waals surface area contributed by atoms with Gasteiger partial charge < -0.3 is 10.2 Å². The monoisotopic (exact) mass is 452 g/mol. The van der Waals surface area contributed by atoms with E-state index in [1.54, 1.807) is 0 Å². The summed E-state index contributed by atoms with van der Waals surface area (Å²) >= 11 is 4.03. The molecule has 5 heteroatoms. The number of piperidine rings is 1. The molecule has 1 saturated heterocycles. The van der Waals surface area contributed by atoms with E-state index < -0.39 is 0 Å². The van der Waals surface area contributed by atoms with Crippen LogP contribution >= 0.6 is 15.9 Å². The van der Waals surface area contributed by atoms with Gasteiger partial charge in [-0.25, -0.2) is 0 Å². The lowest BCUT2D eigenvalue weighted by atomic mass is 9.49. The van der Waals surface area contributed by atoms with E-state index >= 15 is 0 Å². The number of alkyl halides is 1. The smallest absolute Gasteiger partial charge is 0.228 e. The molecule has 5 rings (SSSR count). The molecule has 0 aromatic heterocycles. The van der Waals surface area contributed by atoms with Gasteiger partial charge in [-0.05, 0) is 69.6 Å². The van der Waals surface area contributed by atoms with Crippen molar-refractivity contribution in [2.75, 3.05) is 19.6 Å². The first-order valence-electron chi connectivity index (χ1n) is 11.7. The number of unbranched alkanes of at least 4 members (excludes halogenated alkanes) is 3. The van der Waals surface area contributed by atoms with Crippen molar-refractivity contribution in [1.29, 1.82) is 0 Å². The number of hydrogen-bond acceptors (Lipinski definition) is 2. The van der Waals surface area contributed by atoms with E-state index in [-0.39, 0.29) is 21.6 Å². The average Bonchev–Trinajstić information content (AvgIpc) is 2.65. The minimum atomic E-state index is -0.147. The van der Waals surface area contributed by atoms with E-state index in [1.807, 2.05) is 0 Å². The molecule has 28 heavy (non-hydrogen) atoms. The molecule has 1 N–H and O–H groups in total. The van der Waals surface area contributed by atoms with Crippen LogP contribution < -0.4 is 5.32 Å². The molecule has 4 aliphatic carbocycles. The van der Waals surface area contributed by atoms with Crippen molar-refractivity contribution in [3.63, 3.8) is 0 Å². The third kappa shape index (κ3) is 4.15. The largest absolute Gasteiger partial charge is 0.356 e. The second-order valence-corrected chi connectivity index (χ2v) is 12.0. The maximum Gasteiger partial charge on any atom is 0.228 e. The fourth-order valence-corrected chi connectivity index (χ4v) is 8.47. The molecular weight excluding hydrogens is 416 g/mol. The molecule has 3 unspecified atom stereocenters. The maximum atomic E-state index is 13.7. The third-order valence-electron chi connectivity index (χ3n) is 7.85. The Kier molecular flexibility index (Phi) is 6.11. The first kappa shape index (κ1) is 20.7. The number of carbonyl (C=O) groups is 2. The molecule has 1 aliphatic heterocycles. The molecule has 0 radical (unpaired) electrons. The fourth-order valence-electron chi connectivity index (χ4n) is 7.02. The van der Waals surface area contributed by atoms with E-state index in [1.165, 1.54) is 38.5 Å². The molecule has 1 heterocycles. The summed E-state index contributed by atoms with van der Waals surface area (Å²) in [5.74, 6) is 1.95. The second-order valence-electron chi connectivity index (χ2n) is 10.3. The Labute approximate surface area is 178 Å². The molecule has 4 nitrogen and oxygen atoms in total. The zero-order valence-electron chi connectivity index (χ0n) is 17.5. The van der Waals surface area contributed by atoms with Gasteiger partial charge >= 0.3 is 0 Å². The highest BCUT2D eigenvalue weighted by Crippen LogP contribution is 2.64. The van der Waals surface area contributed by atoms with Gasteiger partial charge in [-0.2, -0.15) is 0 Å². The van der Waals surface area contributed by atoms with Gasteiger partial charge in [-0.15, -0.1) is 0 Å². The number of carbonyl (C=O) groups excluding carboxylic acids is 2. The van der Waals surface area contributed by atoms with Crippen LogP contribution in [0.1, 0.15) is 84.0 Å². The summed E-state index contributed by atoms with van der Waals surface area (Å²) < 4.78 is 0.206. The summed E-state index contributed by atoms with van der Waals surface area (Å²) in [7, 11) is 0. The van der Waals surface area contributed by atoms with Gasteiger partial charge in [0.15, 0.2) is 0 Å². The number of nitrogens with one attached hydrogen (secondary N) is 1. The predicted octanol–water partition coefficient (Wildman–Crippen LogP) is 4.66. The van der Waals surface area contributed by atoms with Gasteiger partial charge in [-0.1, -0.05) is 42.1 Å². The summed E-state index contributed by atoms with van der Waals surface area (Å²) in [6.45, 7) is 4.45. The van der Waals surface area contributed by atoms with Crippen LogP contribution in [0.25, 0.3) is 0 Å². The molecule has 4 bridgehead atoms. The van der Waals surface area contributed by atoms with Crippen molar-refractivity contribution in [3.05, 3.63) is 0 Å². The van der Waals surface area contributed by atoms with Crippen LogP contribution in [0.3, 0.4) is 0 Å². The number of nitrogens with zero attached hydrogens (tertiary/aromatic N) is 1. The van der Waals surface area contributed by atoms with Crippen LogP contribution in [-0.4, -0.2) is 40.7 Å². The minimum absolute atomic E-state index is 0.0179. The van der Waals surface area contributed by atoms with Gasteiger partial charge in [-0.3, -0.25) is 9.59 Å². The van der Waals surface area contributed by atoms with Gasteiger partial charge in [0, 0.05) is 24.0 Å². The summed E-state index contributed by atoms with van der Waals surface area (Å²) in [4.78, 5) is 28.4. The Morgan fingerprint density at radius 1 is 1.11 bits per heavy atom. The maximum absolute atomic E-state index is 13.7. The van der Waals surface area contributed by atoms with Gasteiger partial charge in [0.1, 0.15) is 0 Å². The Balaban J connectivity index is 1.34. The van der Waals surface area contributed by atoms with Crippen molar-refractivity contribution < 1.29 is 9.59 Å². The average molecular weight is 453 g/mol. The van der Waals surface area contributed by atoms with Crippen molar-refractivity contribution >= 4 is 27.7 Å². The number of rotatable bonds is 7. The lowest BCUT2D eigenvalue weighted by Crippen LogP contribution is -2.60. The number of hydrogen-bond donors (Lipinski definition) is 1. The van der Waals surface area contributed by atoms with Crippen molar-refractivity contribution in [1.82, 2.24) is 10.2 Å². The van der Waals surface area contributed by atoms with E-state index in [0.29, 0.717) is 12.5 Å². The number of amides is 2. The Bertz CT molecular complexity index is 593. The highest BCUT2D eigenvalue weighted by Gasteiger charge is 2.60. The van der Waals surface area contributed by atoms with Crippen molar-refractivity contribution in [2.24, 2.45) is 23.2 Å². The lowest BCUT2D eigenvalue weighted by molar-refractivity contribution is -0.158. The summed E-state index contributed by atoms with van der Waals surface area (Å²) in [6, 6.07) is 0. The Morgan fingerprint density at radius 2 is 1.86 bits per heavy atom. The van der Waals surface area contributed by atoms with E-state index in [9.17, 15) is 9.59 Å². The van der Waals surface area contributed by atoms with Crippen LogP contribution in [0.15, 0.2) is 0 Å². The van der Waals surface area contributed by atoms with Crippen LogP contribution in [0, 0.1) is 23.2 Å². The molecule has 0 spiro atoms. The zero-order valence-corrected chi connectivity index (χ0v) is 19.1. The third-order valence-corrected chi connectivity index (χ3v) is 8.78. The molecule has 0 aromatic carbocycles. The number of halogens is 1. The molecule has 2 amide bonds. The molecule has 0 aromatic rings. The molecule has 5 aliphatic rings. The molecule has 4 saturated carbocycles. The normalized spacial score (nSPS) is 39.2. The van der Waals surface area contributed by atoms with Crippen molar-refractivity contribution in [3.8, 4) is 0 Å². The number of likely N-dealkylation sites (tertiary alicyclic amines) is 1. The first-order valence-corrected chi connectivity index (χ1v) is 12.5. The highest BCUT2D eigenvalue weighted by molar-refractivity contribution is 9.10. The summed E-state index contributed by atoms with van der Waals surface area (Å²) in [5, 5.41) is 3.13. The standard InChI is InChI=1S/C23H37BrN2O2/c1-2-3-4-5-8-25-20(27)19-7-6-9-26(15-19)21(28)22-11-17-10-18(12-22)14-23(24,13-17)16-22/h17-19H,2-16H2,1H3,(H,25,27). The van der Waals surface area contributed by atoms with E-state index in [2.05, 4.69) is 33.1 Å². The zero-order chi connectivity index (χ0) is 19.8. The first-order chi connectivity index (χ1) is 13.4. The molecule has 5 fully saturated rings. The molecular formula is C23H37BrN2O2. The topological polar surface area (TPSA) is 49.4 Å². The van der Waals surface area contributed by atoms with Crippen LogP contribution in [0.4, 0.5) is 0 Å². The van der Waals surface area contributed by atoms with E-state index in [4.69, 9.17) is 0 Å². The molecule has 158 valence electrons. The summed E-state index contributed by atoms with van der Waals surface area (Å²) in [6.07, 6.45) is 13.6. The SMILES string of the molecule is CCCCCCNC(=O)C1CCCN(C(=O)C23CC4CC(CC(Br)(C4)C2)C3)C1. The van der Waals surface area contributed by atoms with Gasteiger partial charge in [0.2, 0.25) is 11.8 Å². The van der Waals surface area contributed by atoms with E-state index in [0.717, 1.165) is 63.5 Å². The van der Waals surface area contributed by atoms with Crippen molar-refractivity contribution in [2.45, 2.75) is 88.3 Å². The van der Waals surface area contributed by atoms with Crippen LogP contribution in [0.2, 0.25) is 0 Å². The quantitative estimate of drug-likeness (QED) is 0.451. The summed E-state index contributed by atoms with van der Waals surface area (Å²) in [5.41, 5.74) is -0.147. The second kappa shape index (κ2) is 8.28. The van der Waals surface area contributed by atoms with Gasteiger partial charge in [0.25, 0.3) is 0 Å². The van der Waals surface area contributed by atoms with Crippen LogP contribution in [-0.2, 0) is 9.59 Å². The predicted molar refractivity (Wildman–Crippen MR) is 115 cm³/mol. The minimum Gasteiger partial charge on any atom is -0.356 e. The van der Waals surface area contributed by atoms with Gasteiger partial charge in [0.05, 0.1) is 11.3 Å². The van der Waals surface area contributed by atoms with Crippen LogP contribution in [0.5, 0.6) is 0 Å². The molecule has 3 atom stereocenters. The Hall–Kier alpha value is -0.580. The lowest BCUT2D eigenvalue weighted by Gasteiger charge is -2.60. The highest BCUT2D eigenvalue weighted by atomic mass is 79.9.